The highest BCUT2D eigenvalue weighted by Gasteiger charge is 2.33. The lowest BCUT2D eigenvalue weighted by molar-refractivity contribution is -0.141. The number of likely N-dealkylation sites (N-methyl/N-ethyl adjacent to an activating group) is 1. The van der Waals surface area contributed by atoms with Gasteiger partial charge in [-0.1, -0.05) is 0 Å². The molecule has 0 aromatic carbocycles. The number of rotatable bonds is 5. The highest BCUT2D eigenvalue weighted by molar-refractivity contribution is 5.30. The molecule has 108 valence electrons. The summed E-state index contributed by atoms with van der Waals surface area (Å²) in [7, 11) is 0. The fraction of sp³-hybridized carbons (Fsp3) is 0.417. The van der Waals surface area contributed by atoms with Crippen LogP contribution in [0.25, 0.3) is 0 Å². The van der Waals surface area contributed by atoms with Crippen LogP contribution in [-0.4, -0.2) is 32.8 Å². The van der Waals surface area contributed by atoms with Crippen molar-refractivity contribution in [3.63, 3.8) is 0 Å². The van der Waals surface area contributed by atoms with Crippen LogP contribution in [0.5, 0.6) is 0 Å². The topological polar surface area (TPSA) is 46.8 Å². The maximum atomic E-state index is 12.6. The van der Waals surface area contributed by atoms with E-state index in [0.717, 1.165) is 12.3 Å². The van der Waals surface area contributed by atoms with Gasteiger partial charge in [0.2, 0.25) is 5.95 Å². The summed E-state index contributed by atoms with van der Waals surface area (Å²) in [5, 5.41) is 4.04. The fourth-order valence-corrected chi connectivity index (χ4v) is 1.71. The Kier molecular flexibility index (Phi) is 4.21. The smallest absolute Gasteiger partial charge is 0.339 e. The second-order valence-corrected chi connectivity index (χ2v) is 4.09. The molecule has 2 heterocycles. The van der Waals surface area contributed by atoms with E-state index in [9.17, 15) is 13.2 Å². The normalized spacial score (nSPS) is 11.6. The highest BCUT2D eigenvalue weighted by atomic mass is 19.4. The van der Waals surface area contributed by atoms with Gasteiger partial charge in [-0.15, -0.1) is 0 Å². The van der Waals surface area contributed by atoms with Crippen LogP contribution in [0.1, 0.15) is 12.6 Å². The zero-order valence-corrected chi connectivity index (χ0v) is 10.9. The Morgan fingerprint density at radius 2 is 2.10 bits per heavy atom. The monoisotopic (exact) mass is 285 g/mol. The molecule has 5 nitrogen and oxygen atoms in total. The van der Waals surface area contributed by atoms with Crippen LogP contribution in [0.3, 0.4) is 0 Å². The molecule has 0 unspecified atom stereocenters. The van der Waals surface area contributed by atoms with Gasteiger partial charge in [0.25, 0.3) is 0 Å². The second-order valence-electron chi connectivity index (χ2n) is 4.09. The molecule has 2 aromatic heterocycles. The Morgan fingerprint density at radius 3 is 2.70 bits per heavy atom. The Morgan fingerprint density at radius 1 is 1.30 bits per heavy atom. The quantitative estimate of drug-likeness (QED) is 0.845. The molecule has 0 aliphatic heterocycles. The summed E-state index contributed by atoms with van der Waals surface area (Å²) >= 11 is 0. The Bertz CT molecular complexity index is 538. The summed E-state index contributed by atoms with van der Waals surface area (Å²) in [5.74, 6) is 0.0782. The van der Waals surface area contributed by atoms with Crippen LogP contribution >= 0.6 is 0 Å². The molecular weight excluding hydrogens is 271 g/mol. The van der Waals surface area contributed by atoms with Gasteiger partial charge >= 0.3 is 6.18 Å². The third-order valence-electron chi connectivity index (χ3n) is 2.76. The van der Waals surface area contributed by atoms with E-state index >= 15 is 0 Å². The van der Waals surface area contributed by atoms with Crippen molar-refractivity contribution in [2.24, 2.45) is 0 Å². The predicted molar refractivity (Wildman–Crippen MR) is 67.1 cm³/mol. The van der Waals surface area contributed by atoms with Crippen molar-refractivity contribution in [2.75, 3.05) is 18.0 Å². The average molecular weight is 285 g/mol. The van der Waals surface area contributed by atoms with Gasteiger partial charge in [0.15, 0.2) is 0 Å². The van der Waals surface area contributed by atoms with Crippen molar-refractivity contribution >= 4 is 5.95 Å². The average Bonchev–Trinajstić information content (AvgIpc) is 2.92. The van der Waals surface area contributed by atoms with E-state index in [1.807, 2.05) is 6.92 Å². The van der Waals surface area contributed by atoms with Gasteiger partial charge in [-0.05, 0) is 19.1 Å². The van der Waals surface area contributed by atoms with Crippen LogP contribution in [0.4, 0.5) is 19.1 Å². The number of aromatic nitrogens is 4. The van der Waals surface area contributed by atoms with Crippen LogP contribution in [0.15, 0.2) is 30.7 Å². The number of alkyl halides is 3. The van der Waals surface area contributed by atoms with E-state index < -0.39 is 11.9 Å². The van der Waals surface area contributed by atoms with Gasteiger partial charge in [-0.3, -0.25) is 4.68 Å². The minimum atomic E-state index is -4.46. The third kappa shape index (κ3) is 3.46. The van der Waals surface area contributed by atoms with Gasteiger partial charge < -0.3 is 4.90 Å². The summed E-state index contributed by atoms with van der Waals surface area (Å²) in [5.41, 5.74) is -0.931. The number of hydrogen-bond acceptors (Lipinski definition) is 4. The highest BCUT2D eigenvalue weighted by Crippen LogP contribution is 2.28. The molecule has 2 rings (SSSR count). The first-order valence-corrected chi connectivity index (χ1v) is 6.13. The van der Waals surface area contributed by atoms with Crippen LogP contribution in [0, 0.1) is 0 Å². The lowest BCUT2D eigenvalue weighted by atomic mass is 10.4. The molecule has 0 fully saturated rings. The number of anilines is 1. The summed E-state index contributed by atoms with van der Waals surface area (Å²) in [6.07, 6.45) is 0.110. The van der Waals surface area contributed by atoms with Crippen molar-refractivity contribution < 1.29 is 13.2 Å². The fourth-order valence-electron chi connectivity index (χ4n) is 1.71. The molecule has 0 atom stereocenters. The first-order chi connectivity index (χ1) is 9.50. The largest absolute Gasteiger partial charge is 0.433 e. The third-order valence-corrected chi connectivity index (χ3v) is 2.76. The summed E-state index contributed by atoms with van der Waals surface area (Å²) < 4.78 is 39.6. The van der Waals surface area contributed by atoms with Crippen molar-refractivity contribution in [3.05, 3.63) is 36.4 Å². The first kappa shape index (κ1) is 14.3. The molecule has 8 heteroatoms. The molecule has 2 aromatic rings. The molecule has 20 heavy (non-hydrogen) atoms. The molecule has 0 spiro atoms. The molecule has 0 aliphatic rings. The summed E-state index contributed by atoms with van der Waals surface area (Å²) in [6, 6.07) is 2.65. The number of halogens is 3. The Hall–Kier alpha value is -2.12. The maximum Gasteiger partial charge on any atom is 0.433 e. The lowest BCUT2D eigenvalue weighted by Gasteiger charge is -2.21. The SMILES string of the molecule is CCN(CCn1cccn1)c1nccc(C(F)(F)F)n1. The molecule has 0 radical (unpaired) electrons. The van der Waals surface area contributed by atoms with E-state index in [4.69, 9.17) is 0 Å². The molecule has 0 saturated carbocycles. The molecule has 0 N–H and O–H groups in total. The van der Waals surface area contributed by atoms with Crippen molar-refractivity contribution in [2.45, 2.75) is 19.6 Å². The Labute approximate surface area is 114 Å². The minimum absolute atomic E-state index is 0.0782. The number of nitrogens with zero attached hydrogens (tertiary/aromatic N) is 5. The Balaban J connectivity index is 2.11. The zero-order valence-electron chi connectivity index (χ0n) is 10.9. The van der Waals surface area contributed by atoms with Crippen molar-refractivity contribution in [1.82, 2.24) is 19.7 Å². The van der Waals surface area contributed by atoms with Gasteiger partial charge in [-0.25, -0.2) is 9.97 Å². The second kappa shape index (κ2) is 5.89. The van der Waals surface area contributed by atoms with E-state index in [1.165, 1.54) is 0 Å². The van der Waals surface area contributed by atoms with Crippen LogP contribution in [-0.2, 0) is 12.7 Å². The summed E-state index contributed by atoms with van der Waals surface area (Å²) in [6.45, 7) is 3.40. The van der Waals surface area contributed by atoms with Gasteiger partial charge in [0.05, 0.1) is 6.54 Å². The van der Waals surface area contributed by atoms with Crippen molar-refractivity contribution in [3.8, 4) is 0 Å². The molecule has 0 amide bonds. The first-order valence-electron chi connectivity index (χ1n) is 6.13. The molecular formula is C12H14F3N5. The van der Waals surface area contributed by atoms with E-state index in [1.54, 1.807) is 28.0 Å². The zero-order chi connectivity index (χ0) is 14.6. The lowest BCUT2D eigenvalue weighted by Crippen LogP contribution is -2.29. The van der Waals surface area contributed by atoms with Gasteiger partial charge in [0, 0.05) is 31.7 Å². The standard InChI is InChI=1S/C12H14F3N5/c1-2-19(8-9-20-7-3-5-17-20)11-16-6-4-10(18-11)12(13,14)15/h3-7H,2,8-9H2,1H3. The van der Waals surface area contributed by atoms with E-state index in [-0.39, 0.29) is 5.95 Å². The summed E-state index contributed by atoms with van der Waals surface area (Å²) in [4.78, 5) is 9.16. The van der Waals surface area contributed by atoms with Crippen LogP contribution < -0.4 is 4.90 Å². The molecule has 0 bridgehead atoms. The van der Waals surface area contributed by atoms with Gasteiger partial charge in [0.1, 0.15) is 5.69 Å². The maximum absolute atomic E-state index is 12.6. The van der Waals surface area contributed by atoms with Crippen molar-refractivity contribution in [1.29, 1.82) is 0 Å². The van der Waals surface area contributed by atoms with Crippen LogP contribution in [0.2, 0.25) is 0 Å². The van der Waals surface area contributed by atoms with E-state index in [0.29, 0.717) is 19.6 Å². The van der Waals surface area contributed by atoms with Gasteiger partial charge in [-0.2, -0.15) is 18.3 Å². The minimum Gasteiger partial charge on any atom is -0.339 e. The molecule has 0 aliphatic carbocycles. The molecule has 0 saturated heterocycles. The number of hydrogen-bond donors (Lipinski definition) is 0. The predicted octanol–water partition coefficient (Wildman–Crippen LogP) is 2.22. The van der Waals surface area contributed by atoms with E-state index in [2.05, 4.69) is 15.1 Å².